The third-order valence-corrected chi connectivity index (χ3v) is 1.28. The van der Waals surface area contributed by atoms with E-state index in [1.165, 1.54) is 0 Å². The van der Waals surface area contributed by atoms with Gasteiger partial charge in [0.2, 0.25) is 5.91 Å². The Morgan fingerprint density at radius 3 is 2.69 bits per heavy atom. The van der Waals surface area contributed by atoms with Gasteiger partial charge in [0.15, 0.2) is 0 Å². The summed E-state index contributed by atoms with van der Waals surface area (Å²) in [4.78, 5) is 21.6. The summed E-state index contributed by atoms with van der Waals surface area (Å²) in [5.41, 5.74) is 0. The van der Waals surface area contributed by atoms with Gasteiger partial charge in [-0.2, -0.15) is 0 Å². The van der Waals surface area contributed by atoms with Crippen LogP contribution in [0.4, 0.5) is 4.79 Å². The molecule has 0 aromatic heterocycles. The van der Waals surface area contributed by atoms with Gasteiger partial charge in [-0.15, -0.1) is 17.5 Å². The van der Waals surface area contributed by atoms with Crippen LogP contribution in [-0.2, 0) is 4.79 Å². The predicted octanol–water partition coefficient (Wildman–Crippen LogP) is 0.464. The molecule has 0 aliphatic heterocycles. The second-order valence-corrected chi connectivity index (χ2v) is 2.47. The molecule has 0 heterocycles. The number of carbonyl (C=O) groups excluding carboxylic acids is 2. The van der Waals surface area contributed by atoms with Crippen molar-refractivity contribution in [2.75, 3.05) is 12.4 Å². The first-order valence-electron chi connectivity index (χ1n) is 3.74. The molecule has 0 fully saturated rings. The first kappa shape index (κ1) is 11.8. The average molecular weight is 203 g/mol. The molecule has 13 heavy (non-hydrogen) atoms. The van der Waals surface area contributed by atoms with Gasteiger partial charge < -0.3 is 5.32 Å². The van der Waals surface area contributed by atoms with Gasteiger partial charge in [-0.05, 0) is 6.92 Å². The summed E-state index contributed by atoms with van der Waals surface area (Å²) in [6.07, 6.45) is 0.133. The molecule has 0 atom stereocenters. The lowest BCUT2D eigenvalue weighted by molar-refractivity contribution is -0.119. The molecule has 0 saturated heterocycles. The highest BCUT2D eigenvalue weighted by atomic mass is 35.5. The lowest BCUT2D eigenvalue weighted by atomic mass is 10.4. The standard InChI is InChI=1S/C8H11ClN2O2/c1-2-3-6-10-8(13)11-7(12)4-5-9/h4-6H2,1H3,(H2,10,11,12,13). The third-order valence-electron chi connectivity index (χ3n) is 1.09. The maximum absolute atomic E-state index is 10.8. The van der Waals surface area contributed by atoms with E-state index < -0.39 is 11.9 Å². The Labute approximate surface area is 82.0 Å². The van der Waals surface area contributed by atoms with Gasteiger partial charge in [-0.25, -0.2) is 4.79 Å². The van der Waals surface area contributed by atoms with Crippen molar-refractivity contribution < 1.29 is 9.59 Å². The normalized spacial score (nSPS) is 8.15. The Morgan fingerprint density at radius 1 is 1.46 bits per heavy atom. The van der Waals surface area contributed by atoms with Crippen LogP contribution in [-0.4, -0.2) is 24.4 Å². The van der Waals surface area contributed by atoms with Crippen LogP contribution in [0.5, 0.6) is 0 Å². The maximum Gasteiger partial charge on any atom is 0.322 e. The highest BCUT2D eigenvalue weighted by molar-refractivity contribution is 6.19. The fraction of sp³-hybridized carbons (Fsp3) is 0.500. The number of hydrogen-bond acceptors (Lipinski definition) is 2. The monoisotopic (exact) mass is 202 g/mol. The maximum atomic E-state index is 10.8. The van der Waals surface area contributed by atoms with Crippen LogP contribution < -0.4 is 10.6 Å². The summed E-state index contributed by atoms with van der Waals surface area (Å²) < 4.78 is 0. The number of imide groups is 1. The summed E-state index contributed by atoms with van der Waals surface area (Å²) in [5.74, 6) is 5.04. The zero-order chi connectivity index (χ0) is 10.1. The number of rotatable bonds is 3. The lowest BCUT2D eigenvalue weighted by Gasteiger charge is -2.01. The van der Waals surface area contributed by atoms with E-state index in [9.17, 15) is 9.59 Å². The van der Waals surface area contributed by atoms with Gasteiger partial charge in [-0.1, -0.05) is 5.92 Å². The summed E-state index contributed by atoms with van der Waals surface area (Å²) in [6.45, 7) is 1.90. The van der Waals surface area contributed by atoms with Gasteiger partial charge in [-0.3, -0.25) is 10.1 Å². The average Bonchev–Trinajstić information content (AvgIpc) is 2.05. The number of amides is 3. The molecule has 0 saturated carbocycles. The molecule has 0 unspecified atom stereocenters. The highest BCUT2D eigenvalue weighted by Crippen LogP contribution is 1.83. The Balaban J connectivity index is 3.59. The quantitative estimate of drug-likeness (QED) is 0.516. The van der Waals surface area contributed by atoms with E-state index in [2.05, 4.69) is 22.5 Å². The Kier molecular flexibility index (Phi) is 6.75. The molecule has 0 radical (unpaired) electrons. The molecule has 5 heteroatoms. The minimum Gasteiger partial charge on any atom is -0.327 e. The molecule has 0 aromatic carbocycles. The number of urea groups is 1. The Morgan fingerprint density at radius 2 is 2.15 bits per heavy atom. The second-order valence-electron chi connectivity index (χ2n) is 2.10. The summed E-state index contributed by atoms with van der Waals surface area (Å²) in [5, 5.41) is 4.48. The molecule has 0 aliphatic rings. The minimum atomic E-state index is -0.544. The smallest absolute Gasteiger partial charge is 0.322 e. The first-order chi connectivity index (χ1) is 6.20. The van der Waals surface area contributed by atoms with Gasteiger partial charge in [0, 0.05) is 12.3 Å². The van der Waals surface area contributed by atoms with Crippen molar-refractivity contribution in [1.82, 2.24) is 10.6 Å². The minimum absolute atomic E-state index is 0.133. The molecule has 0 rings (SSSR count). The van der Waals surface area contributed by atoms with E-state index in [4.69, 9.17) is 11.6 Å². The Bertz CT molecular complexity index is 242. The predicted molar refractivity (Wildman–Crippen MR) is 50.3 cm³/mol. The van der Waals surface area contributed by atoms with Gasteiger partial charge in [0.25, 0.3) is 0 Å². The molecule has 0 spiro atoms. The van der Waals surface area contributed by atoms with Crippen molar-refractivity contribution in [2.24, 2.45) is 0 Å². The largest absolute Gasteiger partial charge is 0.327 e. The van der Waals surface area contributed by atoms with Crippen LogP contribution >= 0.6 is 11.6 Å². The molecule has 0 aromatic rings. The molecule has 0 bridgehead atoms. The summed E-state index contributed by atoms with van der Waals surface area (Å²) in [6, 6.07) is -0.544. The molecule has 72 valence electrons. The van der Waals surface area contributed by atoms with E-state index in [1.807, 2.05) is 0 Å². The van der Waals surface area contributed by atoms with Crippen molar-refractivity contribution >= 4 is 23.5 Å². The second kappa shape index (κ2) is 7.44. The number of nitrogens with one attached hydrogen (secondary N) is 2. The zero-order valence-electron chi connectivity index (χ0n) is 7.32. The van der Waals surface area contributed by atoms with Crippen molar-refractivity contribution in [2.45, 2.75) is 13.3 Å². The van der Waals surface area contributed by atoms with Gasteiger partial charge in [0.1, 0.15) is 0 Å². The van der Waals surface area contributed by atoms with Crippen LogP contribution in [0, 0.1) is 11.8 Å². The molecule has 0 aliphatic carbocycles. The number of halogens is 1. The van der Waals surface area contributed by atoms with Crippen LogP contribution in [0.15, 0.2) is 0 Å². The van der Waals surface area contributed by atoms with Crippen LogP contribution in [0.3, 0.4) is 0 Å². The lowest BCUT2D eigenvalue weighted by Crippen LogP contribution is -2.39. The topological polar surface area (TPSA) is 58.2 Å². The first-order valence-corrected chi connectivity index (χ1v) is 4.27. The number of alkyl halides is 1. The summed E-state index contributed by atoms with van der Waals surface area (Å²) >= 11 is 5.29. The SMILES string of the molecule is CC#CCNC(=O)NC(=O)CCCl. The fourth-order valence-corrected chi connectivity index (χ4v) is 0.704. The van der Waals surface area contributed by atoms with E-state index in [0.717, 1.165) is 0 Å². The number of hydrogen-bond donors (Lipinski definition) is 2. The molecular weight excluding hydrogens is 192 g/mol. The van der Waals surface area contributed by atoms with Crippen molar-refractivity contribution in [3.63, 3.8) is 0 Å². The van der Waals surface area contributed by atoms with Crippen LogP contribution in [0.25, 0.3) is 0 Å². The number of carbonyl (C=O) groups is 2. The van der Waals surface area contributed by atoms with Crippen molar-refractivity contribution in [3.8, 4) is 11.8 Å². The van der Waals surface area contributed by atoms with Gasteiger partial charge >= 0.3 is 6.03 Å². The fourth-order valence-electron chi connectivity index (χ4n) is 0.532. The third kappa shape index (κ3) is 7.16. The van der Waals surface area contributed by atoms with E-state index in [1.54, 1.807) is 6.92 Å². The van der Waals surface area contributed by atoms with E-state index in [0.29, 0.717) is 0 Å². The van der Waals surface area contributed by atoms with Crippen LogP contribution in [0.1, 0.15) is 13.3 Å². The summed E-state index contributed by atoms with van der Waals surface area (Å²) in [7, 11) is 0. The van der Waals surface area contributed by atoms with E-state index >= 15 is 0 Å². The van der Waals surface area contributed by atoms with Crippen LogP contribution in [0.2, 0.25) is 0 Å². The molecule has 2 N–H and O–H groups in total. The Hall–Kier alpha value is -1.21. The van der Waals surface area contributed by atoms with Gasteiger partial charge in [0.05, 0.1) is 6.54 Å². The molecule has 3 amide bonds. The van der Waals surface area contributed by atoms with Crippen molar-refractivity contribution in [3.05, 3.63) is 0 Å². The molecule has 4 nitrogen and oxygen atoms in total. The zero-order valence-corrected chi connectivity index (χ0v) is 8.07. The van der Waals surface area contributed by atoms with Crippen molar-refractivity contribution in [1.29, 1.82) is 0 Å². The highest BCUT2D eigenvalue weighted by Gasteiger charge is 2.04. The molecular formula is C8H11ClN2O2. The van der Waals surface area contributed by atoms with E-state index in [-0.39, 0.29) is 18.8 Å².